The lowest BCUT2D eigenvalue weighted by molar-refractivity contribution is -0.151. The van der Waals surface area contributed by atoms with Crippen LogP contribution in [0.1, 0.15) is 32.6 Å². The Morgan fingerprint density at radius 1 is 1.27 bits per heavy atom. The summed E-state index contributed by atoms with van der Waals surface area (Å²) in [5.74, 6) is -1.61. The molecule has 0 saturated heterocycles. The van der Waals surface area contributed by atoms with E-state index >= 15 is 0 Å². The van der Waals surface area contributed by atoms with Gasteiger partial charge in [0.1, 0.15) is 0 Å². The molecule has 0 heterocycles. The summed E-state index contributed by atoms with van der Waals surface area (Å²) >= 11 is 0. The van der Waals surface area contributed by atoms with E-state index in [1.807, 2.05) is 6.92 Å². The lowest BCUT2D eigenvalue weighted by atomic mass is 9.78. The van der Waals surface area contributed by atoms with Crippen molar-refractivity contribution in [3.63, 3.8) is 0 Å². The number of nitrogens with zero attached hydrogens (tertiary/aromatic N) is 1. The Labute approximate surface area is 90.3 Å². The van der Waals surface area contributed by atoms with Crippen molar-refractivity contribution < 1.29 is 14.7 Å². The van der Waals surface area contributed by atoms with Crippen LogP contribution in [0.2, 0.25) is 0 Å². The van der Waals surface area contributed by atoms with E-state index in [-0.39, 0.29) is 11.8 Å². The molecule has 1 aliphatic carbocycles. The summed E-state index contributed by atoms with van der Waals surface area (Å²) in [6.45, 7) is 2.54. The first-order valence-electron chi connectivity index (χ1n) is 5.55. The smallest absolute Gasteiger partial charge is 0.307 e. The second-order valence-electron chi connectivity index (χ2n) is 4.19. The van der Waals surface area contributed by atoms with Gasteiger partial charge in [0.15, 0.2) is 0 Å². The highest BCUT2D eigenvalue weighted by Gasteiger charge is 2.36. The van der Waals surface area contributed by atoms with Crippen LogP contribution in [0.3, 0.4) is 0 Å². The topological polar surface area (TPSA) is 57.6 Å². The summed E-state index contributed by atoms with van der Waals surface area (Å²) in [5, 5.41) is 9.04. The van der Waals surface area contributed by atoms with Crippen LogP contribution in [0.25, 0.3) is 0 Å². The molecule has 86 valence electrons. The molecule has 1 fully saturated rings. The van der Waals surface area contributed by atoms with Crippen LogP contribution < -0.4 is 0 Å². The third-order valence-electron chi connectivity index (χ3n) is 3.25. The van der Waals surface area contributed by atoms with Gasteiger partial charge in [-0.3, -0.25) is 9.59 Å². The Bertz CT molecular complexity index is 252. The molecule has 0 unspecified atom stereocenters. The minimum Gasteiger partial charge on any atom is -0.481 e. The number of hydrogen-bond donors (Lipinski definition) is 1. The van der Waals surface area contributed by atoms with Crippen LogP contribution in [0, 0.1) is 11.8 Å². The number of carboxylic acids is 1. The first kappa shape index (κ1) is 12.0. The van der Waals surface area contributed by atoms with E-state index < -0.39 is 11.9 Å². The number of carbonyl (C=O) groups excluding carboxylic acids is 1. The number of aliphatic carboxylic acids is 1. The highest BCUT2D eigenvalue weighted by atomic mass is 16.4. The molecule has 0 aliphatic heterocycles. The standard InChI is InChI=1S/C11H19NO3/c1-3-12(2)10(13)8-6-4-5-7-9(8)11(14)15/h8-9H,3-7H2,1-2H3,(H,14,15)/t8-,9+/m1/s1. The zero-order valence-electron chi connectivity index (χ0n) is 9.40. The number of carbonyl (C=O) groups is 2. The largest absolute Gasteiger partial charge is 0.481 e. The number of rotatable bonds is 3. The van der Waals surface area contributed by atoms with Gasteiger partial charge >= 0.3 is 5.97 Å². The molecule has 1 aliphatic rings. The summed E-state index contributed by atoms with van der Waals surface area (Å²) in [7, 11) is 1.73. The molecule has 0 aromatic heterocycles. The molecule has 0 bridgehead atoms. The number of carboxylic acid groups (broad SMARTS) is 1. The zero-order valence-corrected chi connectivity index (χ0v) is 9.40. The van der Waals surface area contributed by atoms with E-state index in [4.69, 9.17) is 5.11 Å². The maximum absolute atomic E-state index is 11.9. The summed E-state index contributed by atoms with van der Waals surface area (Å²) in [4.78, 5) is 24.5. The van der Waals surface area contributed by atoms with E-state index in [1.165, 1.54) is 0 Å². The van der Waals surface area contributed by atoms with Gasteiger partial charge in [-0.1, -0.05) is 12.8 Å². The van der Waals surface area contributed by atoms with Crippen LogP contribution >= 0.6 is 0 Å². The van der Waals surface area contributed by atoms with Crippen molar-refractivity contribution >= 4 is 11.9 Å². The van der Waals surface area contributed by atoms with E-state index in [1.54, 1.807) is 11.9 Å². The van der Waals surface area contributed by atoms with Gasteiger partial charge in [-0.15, -0.1) is 0 Å². The van der Waals surface area contributed by atoms with Crippen molar-refractivity contribution in [2.75, 3.05) is 13.6 Å². The van der Waals surface area contributed by atoms with E-state index in [0.29, 0.717) is 13.0 Å². The average molecular weight is 213 g/mol. The molecule has 0 aromatic rings. The molecule has 1 N–H and O–H groups in total. The zero-order chi connectivity index (χ0) is 11.4. The third-order valence-corrected chi connectivity index (χ3v) is 3.25. The van der Waals surface area contributed by atoms with Crippen molar-refractivity contribution in [3.8, 4) is 0 Å². The maximum atomic E-state index is 11.9. The monoisotopic (exact) mass is 213 g/mol. The van der Waals surface area contributed by atoms with E-state index in [0.717, 1.165) is 19.3 Å². The fraction of sp³-hybridized carbons (Fsp3) is 0.818. The van der Waals surface area contributed by atoms with Gasteiger partial charge in [-0.25, -0.2) is 0 Å². The van der Waals surface area contributed by atoms with Crippen molar-refractivity contribution in [1.29, 1.82) is 0 Å². The Balaban J connectivity index is 2.71. The molecule has 0 radical (unpaired) electrons. The predicted octanol–water partition coefficient (Wildman–Crippen LogP) is 1.36. The molecule has 0 aromatic carbocycles. The van der Waals surface area contributed by atoms with Gasteiger partial charge < -0.3 is 10.0 Å². The third kappa shape index (κ3) is 2.70. The summed E-state index contributed by atoms with van der Waals surface area (Å²) in [6.07, 6.45) is 3.26. The second kappa shape index (κ2) is 5.14. The summed E-state index contributed by atoms with van der Waals surface area (Å²) in [5.41, 5.74) is 0. The van der Waals surface area contributed by atoms with Crippen LogP contribution in [0.4, 0.5) is 0 Å². The molecule has 15 heavy (non-hydrogen) atoms. The molecule has 1 rings (SSSR count). The Morgan fingerprint density at radius 3 is 2.27 bits per heavy atom. The van der Waals surface area contributed by atoms with Gasteiger partial charge in [-0.2, -0.15) is 0 Å². The summed E-state index contributed by atoms with van der Waals surface area (Å²) in [6, 6.07) is 0. The van der Waals surface area contributed by atoms with Gasteiger partial charge in [0.05, 0.1) is 11.8 Å². The minimum absolute atomic E-state index is 0.00963. The number of hydrogen-bond acceptors (Lipinski definition) is 2. The molecular formula is C11H19NO3. The molecule has 2 atom stereocenters. The van der Waals surface area contributed by atoms with Gasteiger partial charge in [0.2, 0.25) is 5.91 Å². The van der Waals surface area contributed by atoms with Crippen molar-refractivity contribution in [1.82, 2.24) is 4.90 Å². The SMILES string of the molecule is CCN(C)C(=O)[C@@H]1CCCC[C@@H]1C(=O)O. The highest BCUT2D eigenvalue weighted by molar-refractivity contribution is 5.84. The molecular weight excluding hydrogens is 194 g/mol. The average Bonchev–Trinajstić information content (AvgIpc) is 2.27. The number of amides is 1. The molecule has 4 heteroatoms. The normalized spacial score (nSPS) is 26.0. The van der Waals surface area contributed by atoms with Crippen LogP contribution in [0.5, 0.6) is 0 Å². The van der Waals surface area contributed by atoms with Crippen LogP contribution in [-0.2, 0) is 9.59 Å². The van der Waals surface area contributed by atoms with Gasteiger partial charge in [0.25, 0.3) is 0 Å². The first-order chi connectivity index (χ1) is 7.07. The molecule has 0 spiro atoms. The Kier molecular flexibility index (Phi) is 4.12. The van der Waals surface area contributed by atoms with Crippen LogP contribution in [-0.4, -0.2) is 35.5 Å². The predicted molar refractivity (Wildman–Crippen MR) is 56.4 cm³/mol. The van der Waals surface area contributed by atoms with Crippen LogP contribution in [0.15, 0.2) is 0 Å². The molecule has 4 nitrogen and oxygen atoms in total. The van der Waals surface area contributed by atoms with Crippen molar-refractivity contribution in [2.24, 2.45) is 11.8 Å². The Morgan fingerprint density at radius 2 is 1.80 bits per heavy atom. The van der Waals surface area contributed by atoms with Gasteiger partial charge in [0, 0.05) is 13.6 Å². The quantitative estimate of drug-likeness (QED) is 0.770. The highest BCUT2D eigenvalue weighted by Crippen LogP contribution is 2.31. The van der Waals surface area contributed by atoms with E-state index in [9.17, 15) is 9.59 Å². The first-order valence-corrected chi connectivity index (χ1v) is 5.55. The fourth-order valence-corrected chi connectivity index (χ4v) is 2.16. The summed E-state index contributed by atoms with van der Waals surface area (Å²) < 4.78 is 0. The second-order valence-corrected chi connectivity index (χ2v) is 4.19. The minimum atomic E-state index is -0.822. The van der Waals surface area contributed by atoms with Crippen molar-refractivity contribution in [3.05, 3.63) is 0 Å². The molecule has 1 amide bonds. The van der Waals surface area contributed by atoms with Crippen molar-refractivity contribution in [2.45, 2.75) is 32.6 Å². The molecule has 1 saturated carbocycles. The fourth-order valence-electron chi connectivity index (χ4n) is 2.16. The maximum Gasteiger partial charge on any atom is 0.307 e. The van der Waals surface area contributed by atoms with E-state index in [2.05, 4.69) is 0 Å². The Hall–Kier alpha value is -1.06. The lowest BCUT2D eigenvalue weighted by Gasteiger charge is -2.30. The lowest BCUT2D eigenvalue weighted by Crippen LogP contribution is -2.40. The van der Waals surface area contributed by atoms with Gasteiger partial charge in [-0.05, 0) is 19.8 Å².